The zero-order chi connectivity index (χ0) is 17.3. The fourth-order valence-corrected chi connectivity index (χ4v) is 2.01. The number of anilines is 1. The van der Waals surface area contributed by atoms with Gasteiger partial charge in [-0.2, -0.15) is 0 Å². The van der Waals surface area contributed by atoms with Crippen LogP contribution < -0.4 is 5.32 Å². The van der Waals surface area contributed by atoms with Gasteiger partial charge < -0.3 is 9.15 Å². The third-order valence-electron chi connectivity index (χ3n) is 2.50. The summed E-state index contributed by atoms with van der Waals surface area (Å²) in [6.07, 6.45) is 0.417. The van der Waals surface area contributed by atoms with E-state index in [0.717, 1.165) is 6.26 Å². The molecule has 0 unspecified atom stereocenters. The highest BCUT2D eigenvalue weighted by Gasteiger charge is 2.18. The number of aromatic nitrogens is 2. The quantitative estimate of drug-likeness (QED) is 0.914. The van der Waals surface area contributed by atoms with Crippen LogP contribution in [0.5, 0.6) is 0 Å². The standard InChI is InChI=1S/C14H17N3O5S/c1-14(2,3)22-12(18)15-10-7-5-9(6-8-10)11-16-17-13(21-11)23(4,19)20/h5-8H,1-4H3,(H,15,18). The smallest absolute Gasteiger partial charge is 0.412 e. The minimum Gasteiger partial charge on any atom is -0.444 e. The van der Waals surface area contributed by atoms with Crippen LogP contribution in [0.25, 0.3) is 11.5 Å². The van der Waals surface area contributed by atoms with E-state index in [1.54, 1.807) is 45.0 Å². The van der Waals surface area contributed by atoms with Crippen molar-refractivity contribution in [1.82, 2.24) is 10.2 Å². The molecule has 0 atom stereocenters. The second kappa shape index (κ2) is 5.99. The zero-order valence-corrected chi connectivity index (χ0v) is 14.0. The molecule has 9 heteroatoms. The number of ether oxygens (including phenoxy) is 1. The van der Waals surface area contributed by atoms with Gasteiger partial charge in [-0.15, -0.1) is 5.10 Å². The number of nitrogens with zero attached hydrogens (tertiary/aromatic N) is 2. The molecule has 0 saturated heterocycles. The molecular weight excluding hydrogens is 322 g/mol. The Kier molecular flexibility index (Phi) is 4.42. The summed E-state index contributed by atoms with van der Waals surface area (Å²) < 4.78 is 32.9. The van der Waals surface area contributed by atoms with Gasteiger partial charge in [0.15, 0.2) is 0 Å². The minimum absolute atomic E-state index is 0.0780. The van der Waals surface area contributed by atoms with Gasteiger partial charge in [0.05, 0.1) is 0 Å². The number of nitrogens with one attached hydrogen (secondary N) is 1. The largest absolute Gasteiger partial charge is 0.444 e. The molecule has 0 radical (unpaired) electrons. The van der Waals surface area contributed by atoms with Crippen molar-refractivity contribution in [2.24, 2.45) is 0 Å². The Labute approximate surface area is 133 Å². The molecular formula is C14H17N3O5S. The maximum absolute atomic E-state index is 11.7. The lowest BCUT2D eigenvalue weighted by Gasteiger charge is -2.19. The minimum atomic E-state index is -3.55. The molecule has 1 N–H and O–H groups in total. The van der Waals surface area contributed by atoms with Crippen LogP contribution in [-0.2, 0) is 14.6 Å². The number of amides is 1. The molecule has 0 aliphatic rings. The molecule has 2 rings (SSSR count). The molecule has 2 aromatic rings. The van der Waals surface area contributed by atoms with Crippen LogP contribution in [0.4, 0.5) is 10.5 Å². The van der Waals surface area contributed by atoms with E-state index in [1.165, 1.54) is 0 Å². The molecule has 1 aromatic heterocycles. The molecule has 1 aromatic carbocycles. The summed E-state index contributed by atoms with van der Waals surface area (Å²) in [4.78, 5) is 11.7. The van der Waals surface area contributed by atoms with Crippen LogP contribution in [0.1, 0.15) is 20.8 Å². The molecule has 0 aliphatic heterocycles. The van der Waals surface area contributed by atoms with Crippen LogP contribution in [0.15, 0.2) is 33.9 Å². The summed E-state index contributed by atoms with van der Waals surface area (Å²) in [6, 6.07) is 6.46. The fourth-order valence-electron chi connectivity index (χ4n) is 1.59. The Balaban J connectivity index is 2.11. The zero-order valence-electron chi connectivity index (χ0n) is 13.2. The SMILES string of the molecule is CC(C)(C)OC(=O)Nc1ccc(-c2nnc(S(C)(=O)=O)o2)cc1. The van der Waals surface area contributed by atoms with Gasteiger partial charge in [0.25, 0.3) is 0 Å². The predicted octanol–water partition coefficient (Wildman–Crippen LogP) is 2.49. The van der Waals surface area contributed by atoms with Crippen molar-refractivity contribution in [3.05, 3.63) is 24.3 Å². The van der Waals surface area contributed by atoms with E-state index in [2.05, 4.69) is 15.5 Å². The molecule has 0 fully saturated rings. The highest BCUT2D eigenvalue weighted by atomic mass is 32.2. The van der Waals surface area contributed by atoms with Crippen molar-refractivity contribution < 1.29 is 22.4 Å². The van der Waals surface area contributed by atoms with Crippen LogP contribution >= 0.6 is 0 Å². The number of hydrogen-bond donors (Lipinski definition) is 1. The summed E-state index contributed by atoms with van der Waals surface area (Å²) in [5, 5.41) is 9.31. The lowest BCUT2D eigenvalue weighted by molar-refractivity contribution is 0.0636. The molecule has 0 spiro atoms. The summed E-state index contributed by atoms with van der Waals surface area (Å²) in [6.45, 7) is 5.31. The Morgan fingerprint density at radius 3 is 2.26 bits per heavy atom. The van der Waals surface area contributed by atoms with Crippen molar-refractivity contribution in [3.8, 4) is 11.5 Å². The van der Waals surface area contributed by atoms with Gasteiger partial charge in [-0.05, 0) is 45.0 Å². The number of benzene rings is 1. The third kappa shape index (κ3) is 4.78. The average Bonchev–Trinajstić information content (AvgIpc) is 2.86. The first-order valence-corrected chi connectivity index (χ1v) is 8.58. The Hall–Kier alpha value is -2.42. The highest BCUT2D eigenvalue weighted by molar-refractivity contribution is 7.90. The first kappa shape index (κ1) is 16.9. The molecule has 8 nitrogen and oxygen atoms in total. The van der Waals surface area contributed by atoms with Crippen molar-refractivity contribution in [1.29, 1.82) is 0 Å². The average molecular weight is 339 g/mol. The lowest BCUT2D eigenvalue weighted by atomic mass is 10.2. The maximum Gasteiger partial charge on any atom is 0.412 e. The summed E-state index contributed by atoms with van der Waals surface area (Å²) in [5.74, 6) is 0.0780. The van der Waals surface area contributed by atoms with E-state index in [-0.39, 0.29) is 5.89 Å². The number of carbonyl (C=O) groups excluding carboxylic acids is 1. The van der Waals surface area contributed by atoms with E-state index in [1.807, 2.05) is 0 Å². The topological polar surface area (TPSA) is 111 Å². The van der Waals surface area contributed by atoms with Gasteiger partial charge in [0, 0.05) is 17.5 Å². The summed E-state index contributed by atoms with van der Waals surface area (Å²) >= 11 is 0. The van der Waals surface area contributed by atoms with Crippen LogP contribution in [0, 0.1) is 0 Å². The van der Waals surface area contributed by atoms with Gasteiger partial charge in [-0.1, -0.05) is 5.10 Å². The fraction of sp³-hybridized carbons (Fsp3) is 0.357. The van der Waals surface area contributed by atoms with Crippen molar-refractivity contribution >= 4 is 21.6 Å². The normalized spacial score (nSPS) is 12.0. The van der Waals surface area contributed by atoms with Crippen LogP contribution in [0.3, 0.4) is 0 Å². The second-order valence-corrected chi connectivity index (χ2v) is 7.74. The number of sulfone groups is 1. The third-order valence-corrected chi connectivity index (χ3v) is 3.30. The highest BCUT2D eigenvalue weighted by Crippen LogP contribution is 2.22. The van der Waals surface area contributed by atoms with Gasteiger partial charge in [0.1, 0.15) is 5.60 Å². The number of hydrogen-bond acceptors (Lipinski definition) is 7. The number of carbonyl (C=O) groups is 1. The maximum atomic E-state index is 11.7. The molecule has 1 amide bonds. The monoisotopic (exact) mass is 339 g/mol. The molecule has 1 heterocycles. The molecule has 23 heavy (non-hydrogen) atoms. The van der Waals surface area contributed by atoms with Crippen molar-refractivity contribution in [2.75, 3.05) is 11.6 Å². The van der Waals surface area contributed by atoms with Crippen LogP contribution in [0.2, 0.25) is 0 Å². The number of rotatable bonds is 3. The predicted molar refractivity (Wildman–Crippen MR) is 82.7 cm³/mol. The van der Waals surface area contributed by atoms with Gasteiger partial charge in [-0.25, -0.2) is 13.2 Å². The Morgan fingerprint density at radius 1 is 1.17 bits per heavy atom. The van der Waals surface area contributed by atoms with Gasteiger partial charge in [-0.3, -0.25) is 5.32 Å². The Morgan fingerprint density at radius 2 is 1.78 bits per heavy atom. The van der Waals surface area contributed by atoms with Crippen LogP contribution in [-0.4, -0.2) is 36.6 Å². The van der Waals surface area contributed by atoms with E-state index in [0.29, 0.717) is 11.3 Å². The molecule has 0 bridgehead atoms. The second-order valence-electron chi connectivity index (χ2n) is 5.85. The lowest BCUT2D eigenvalue weighted by Crippen LogP contribution is -2.27. The van der Waals surface area contributed by atoms with Gasteiger partial charge >= 0.3 is 11.3 Å². The van der Waals surface area contributed by atoms with Crippen molar-refractivity contribution in [3.63, 3.8) is 0 Å². The molecule has 0 saturated carbocycles. The summed E-state index contributed by atoms with van der Waals surface area (Å²) in [7, 11) is -3.55. The summed E-state index contributed by atoms with van der Waals surface area (Å²) in [5.41, 5.74) is 0.462. The molecule has 124 valence electrons. The van der Waals surface area contributed by atoms with E-state index in [4.69, 9.17) is 9.15 Å². The molecule has 0 aliphatic carbocycles. The Bertz CT molecular complexity index is 804. The first-order valence-electron chi connectivity index (χ1n) is 6.68. The van der Waals surface area contributed by atoms with E-state index >= 15 is 0 Å². The first-order chi connectivity index (χ1) is 10.5. The van der Waals surface area contributed by atoms with E-state index in [9.17, 15) is 13.2 Å². The van der Waals surface area contributed by atoms with E-state index < -0.39 is 26.8 Å². The van der Waals surface area contributed by atoms with Gasteiger partial charge in [0.2, 0.25) is 15.7 Å². The van der Waals surface area contributed by atoms with Crippen molar-refractivity contribution in [2.45, 2.75) is 31.6 Å².